The standard InChI is InChI=1S/C14H19FN2O/c15-11-6-5-7-12(10-11)17-14(13(16)18)8-3-1-2-4-9-14/h5-7,10,17H,1-4,8-9H2,(H2,16,18). The zero-order valence-corrected chi connectivity index (χ0v) is 10.4. The second kappa shape index (κ2) is 5.38. The van der Waals surface area contributed by atoms with Crippen LogP contribution in [0.5, 0.6) is 0 Å². The van der Waals surface area contributed by atoms with Crippen molar-refractivity contribution in [2.75, 3.05) is 5.32 Å². The summed E-state index contributed by atoms with van der Waals surface area (Å²) >= 11 is 0. The number of anilines is 1. The van der Waals surface area contributed by atoms with Crippen molar-refractivity contribution < 1.29 is 9.18 Å². The van der Waals surface area contributed by atoms with E-state index < -0.39 is 5.54 Å². The van der Waals surface area contributed by atoms with Crippen molar-refractivity contribution in [3.05, 3.63) is 30.1 Å². The molecule has 0 bridgehead atoms. The molecule has 0 atom stereocenters. The highest BCUT2D eigenvalue weighted by molar-refractivity contribution is 5.88. The molecule has 2 rings (SSSR count). The second-order valence-corrected chi connectivity index (χ2v) is 5.00. The number of benzene rings is 1. The molecule has 1 amide bonds. The summed E-state index contributed by atoms with van der Waals surface area (Å²) in [7, 11) is 0. The lowest BCUT2D eigenvalue weighted by molar-refractivity contribution is -0.122. The molecule has 0 aliphatic heterocycles. The average Bonchev–Trinajstić information content (AvgIpc) is 2.55. The van der Waals surface area contributed by atoms with Gasteiger partial charge in [0, 0.05) is 5.69 Å². The number of halogens is 1. The van der Waals surface area contributed by atoms with Crippen molar-refractivity contribution in [1.29, 1.82) is 0 Å². The van der Waals surface area contributed by atoms with Crippen molar-refractivity contribution in [2.45, 2.75) is 44.1 Å². The maximum absolute atomic E-state index is 13.2. The number of carbonyl (C=O) groups excluding carboxylic acids is 1. The number of rotatable bonds is 3. The number of carbonyl (C=O) groups is 1. The topological polar surface area (TPSA) is 55.1 Å². The van der Waals surface area contributed by atoms with Gasteiger partial charge >= 0.3 is 0 Å². The number of amides is 1. The predicted molar refractivity (Wildman–Crippen MR) is 69.7 cm³/mol. The molecule has 0 radical (unpaired) electrons. The van der Waals surface area contributed by atoms with Crippen LogP contribution in [0.4, 0.5) is 10.1 Å². The molecule has 0 heterocycles. The van der Waals surface area contributed by atoms with E-state index in [0.29, 0.717) is 5.69 Å². The first-order valence-corrected chi connectivity index (χ1v) is 6.46. The number of hydrogen-bond donors (Lipinski definition) is 2. The third-order valence-corrected chi connectivity index (χ3v) is 3.64. The summed E-state index contributed by atoms with van der Waals surface area (Å²) in [6, 6.07) is 6.17. The van der Waals surface area contributed by atoms with Gasteiger partial charge in [-0.25, -0.2) is 4.39 Å². The predicted octanol–water partition coefficient (Wildman–Crippen LogP) is 2.82. The highest BCUT2D eigenvalue weighted by atomic mass is 19.1. The van der Waals surface area contributed by atoms with E-state index in [0.717, 1.165) is 38.5 Å². The molecule has 0 aromatic heterocycles. The molecule has 1 aliphatic rings. The molecular formula is C14H19FN2O. The molecule has 1 saturated carbocycles. The molecular weight excluding hydrogens is 231 g/mol. The van der Waals surface area contributed by atoms with E-state index in [1.807, 2.05) is 0 Å². The van der Waals surface area contributed by atoms with Crippen LogP contribution in [0.15, 0.2) is 24.3 Å². The van der Waals surface area contributed by atoms with E-state index in [9.17, 15) is 9.18 Å². The highest BCUT2D eigenvalue weighted by Gasteiger charge is 2.36. The smallest absolute Gasteiger partial charge is 0.243 e. The fraction of sp³-hybridized carbons (Fsp3) is 0.500. The molecule has 4 heteroatoms. The van der Waals surface area contributed by atoms with Crippen LogP contribution in [0.2, 0.25) is 0 Å². The van der Waals surface area contributed by atoms with E-state index in [1.165, 1.54) is 12.1 Å². The molecule has 1 aliphatic carbocycles. The van der Waals surface area contributed by atoms with Crippen LogP contribution in [-0.4, -0.2) is 11.4 Å². The van der Waals surface area contributed by atoms with E-state index in [4.69, 9.17) is 5.73 Å². The average molecular weight is 250 g/mol. The van der Waals surface area contributed by atoms with Crippen LogP contribution in [-0.2, 0) is 4.79 Å². The molecule has 18 heavy (non-hydrogen) atoms. The zero-order valence-electron chi connectivity index (χ0n) is 10.4. The van der Waals surface area contributed by atoms with Gasteiger partial charge in [-0.2, -0.15) is 0 Å². The summed E-state index contributed by atoms with van der Waals surface area (Å²) < 4.78 is 13.2. The molecule has 1 aromatic carbocycles. The Hall–Kier alpha value is -1.58. The quantitative estimate of drug-likeness (QED) is 0.810. The monoisotopic (exact) mass is 250 g/mol. The van der Waals surface area contributed by atoms with Gasteiger partial charge in [-0.05, 0) is 31.0 Å². The largest absolute Gasteiger partial charge is 0.371 e. The first-order valence-electron chi connectivity index (χ1n) is 6.46. The van der Waals surface area contributed by atoms with Gasteiger partial charge in [0.1, 0.15) is 11.4 Å². The lowest BCUT2D eigenvalue weighted by atomic mass is 9.89. The van der Waals surface area contributed by atoms with Crippen molar-refractivity contribution in [3.8, 4) is 0 Å². The first-order chi connectivity index (χ1) is 8.62. The van der Waals surface area contributed by atoms with Crippen LogP contribution in [0, 0.1) is 5.82 Å². The number of primary amides is 1. The van der Waals surface area contributed by atoms with Crippen molar-refractivity contribution in [1.82, 2.24) is 0 Å². The van der Waals surface area contributed by atoms with E-state index >= 15 is 0 Å². The number of nitrogens with one attached hydrogen (secondary N) is 1. The van der Waals surface area contributed by atoms with Gasteiger partial charge in [-0.3, -0.25) is 4.79 Å². The Bertz CT molecular complexity index is 426. The van der Waals surface area contributed by atoms with Gasteiger partial charge in [-0.1, -0.05) is 31.7 Å². The van der Waals surface area contributed by atoms with Gasteiger partial charge in [-0.15, -0.1) is 0 Å². The second-order valence-electron chi connectivity index (χ2n) is 5.00. The van der Waals surface area contributed by atoms with Gasteiger partial charge in [0.2, 0.25) is 5.91 Å². The number of nitrogens with two attached hydrogens (primary N) is 1. The summed E-state index contributed by atoms with van der Waals surface area (Å²) in [6.07, 6.45) is 5.65. The van der Waals surface area contributed by atoms with Crippen molar-refractivity contribution in [2.24, 2.45) is 5.73 Å². The maximum atomic E-state index is 13.2. The Morgan fingerprint density at radius 3 is 2.44 bits per heavy atom. The molecule has 0 saturated heterocycles. The third-order valence-electron chi connectivity index (χ3n) is 3.64. The minimum Gasteiger partial charge on any atom is -0.371 e. The Kier molecular flexibility index (Phi) is 3.84. The van der Waals surface area contributed by atoms with Crippen LogP contribution in [0.25, 0.3) is 0 Å². The van der Waals surface area contributed by atoms with Gasteiger partial charge < -0.3 is 11.1 Å². The summed E-state index contributed by atoms with van der Waals surface area (Å²) in [6.45, 7) is 0. The Labute approximate surface area is 107 Å². The van der Waals surface area contributed by atoms with Crippen LogP contribution < -0.4 is 11.1 Å². The molecule has 0 unspecified atom stereocenters. The zero-order chi connectivity index (χ0) is 13.0. The van der Waals surface area contributed by atoms with E-state index in [1.54, 1.807) is 12.1 Å². The lowest BCUT2D eigenvalue weighted by Crippen LogP contribution is -2.50. The van der Waals surface area contributed by atoms with Crippen molar-refractivity contribution >= 4 is 11.6 Å². The Morgan fingerprint density at radius 1 is 1.22 bits per heavy atom. The highest BCUT2D eigenvalue weighted by Crippen LogP contribution is 2.30. The maximum Gasteiger partial charge on any atom is 0.243 e. The Morgan fingerprint density at radius 2 is 1.89 bits per heavy atom. The lowest BCUT2D eigenvalue weighted by Gasteiger charge is -2.31. The molecule has 3 nitrogen and oxygen atoms in total. The summed E-state index contributed by atoms with van der Waals surface area (Å²) in [4.78, 5) is 11.8. The van der Waals surface area contributed by atoms with Gasteiger partial charge in [0.25, 0.3) is 0 Å². The minimum atomic E-state index is -0.718. The van der Waals surface area contributed by atoms with Crippen LogP contribution >= 0.6 is 0 Å². The fourth-order valence-electron chi connectivity index (χ4n) is 2.61. The SMILES string of the molecule is NC(=O)C1(Nc2cccc(F)c2)CCCCCC1. The number of hydrogen-bond acceptors (Lipinski definition) is 2. The Balaban J connectivity index is 2.22. The van der Waals surface area contributed by atoms with Crippen molar-refractivity contribution in [3.63, 3.8) is 0 Å². The summed E-state index contributed by atoms with van der Waals surface area (Å²) in [5.41, 5.74) is 5.47. The molecule has 1 aromatic rings. The minimum absolute atomic E-state index is 0.312. The van der Waals surface area contributed by atoms with E-state index in [-0.39, 0.29) is 11.7 Å². The normalized spacial score (nSPS) is 18.9. The van der Waals surface area contributed by atoms with Gasteiger partial charge in [0.15, 0.2) is 0 Å². The summed E-state index contributed by atoms with van der Waals surface area (Å²) in [5, 5.41) is 3.16. The van der Waals surface area contributed by atoms with Crippen LogP contribution in [0.3, 0.4) is 0 Å². The third kappa shape index (κ3) is 2.81. The molecule has 0 spiro atoms. The first kappa shape index (κ1) is 12.9. The van der Waals surface area contributed by atoms with E-state index in [2.05, 4.69) is 5.32 Å². The molecule has 1 fully saturated rings. The van der Waals surface area contributed by atoms with Crippen LogP contribution in [0.1, 0.15) is 38.5 Å². The van der Waals surface area contributed by atoms with Gasteiger partial charge in [0.05, 0.1) is 0 Å². The fourth-order valence-corrected chi connectivity index (χ4v) is 2.61. The molecule has 3 N–H and O–H groups in total. The molecule has 98 valence electrons. The summed E-state index contributed by atoms with van der Waals surface area (Å²) in [5.74, 6) is -0.651.